The molecule has 2 aliphatic rings. The largest absolute Gasteiger partial charge is 0.135 e. The molecule has 1 heterocycles. The van der Waals surface area contributed by atoms with Gasteiger partial charge in [-0.1, -0.05) is 173 Å². The Balaban J connectivity index is 0.877. The minimum absolute atomic E-state index is 0.0881. The van der Waals surface area contributed by atoms with E-state index in [9.17, 15) is 0 Å². The highest BCUT2D eigenvalue weighted by atomic mass is 32.1. The van der Waals surface area contributed by atoms with Crippen molar-refractivity contribution in [2.75, 3.05) is 0 Å². The third kappa shape index (κ3) is 5.13. The summed E-state index contributed by atoms with van der Waals surface area (Å²) < 4.78 is 2.71. The first-order valence-electron chi connectivity index (χ1n) is 23.0. The molecule has 0 N–H and O–H groups in total. The lowest BCUT2D eigenvalue weighted by molar-refractivity contribution is 0.660. The van der Waals surface area contributed by atoms with Crippen molar-refractivity contribution in [2.24, 2.45) is 0 Å². The molecule has 0 spiro atoms. The van der Waals surface area contributed by atoms with Gasteiger partial charge in [-0.25, -0.2) is 0 Å². The Bertz CT molecular complexity index is 4000. The molecule has 0 atom stereocenters. The van der Waals surface area contributed by atoms with E-state index in [0.29, 0.717) is 0 Å². The molecule has 0 fully saturated rings. The van der Waals surface area contributed by atoms with Gasteiger partial charge in [0.05, 0.1) is 0 Å². The second kappa shape index (κ2) is 13.1. The quantitative estimate of drug-likeness (QED) is 0.155. The van der Waals surface area contributed by atoms with Gasteiger partial charge in [0, 0.05) is 31.0 Å². The van der Waals surface area contributed by atoms with Crippen LogP contribution in [0.5, 0.6) is 0 Å². The fourth-order valence-electron chi connectivity index (χ4n) is 12.1. The van der Waals surface area contributed by atoms with E-state index in [2.05, 4.69) is 222 Å². The van der Waals surface area contributed by atoms with E-state index in [-0.39, 0.29) is 10.8 Å². The fraction of sp³-hybridized carbons (Fsp3) is 0.0938. The molecule has 306 valence electrons. The zero-order valence-corrected chi connectivity index (χ0v) is 37.7. The molecule has 0 bridgehead atoms. The van der Waals surface area contributed by atoms with Crippen molar-refractivity contribution in [3.63, 3.8) is 0 Å². The molecule has 0 saturated heterocycles. The maximum absolute atomic E-state index is 2.51. The summed E-state index contributed by atoms with van der Waals surface area (Å²) >= 11 is 1.90. The molecular formula is C64H44S. The van der Waals surface area contributed by atoms with Crippen LogP contribution >= 0.6 is 11.3 Å². The van der Waals surface area contributed by atoms with Crippen LogP contribution in [-0.4, -0.2) is 0 Å². The SMILES string of the molecule is CC1(C)c2cc(-c3ccc4c(c3)-c3cc5cc6sc7ccccc7c6cc5cc3C4(C)C)ccc2-c2ccc(-c3c4ccccc4c(-c4cccc5ccccc45)c4ccccc34)cc21. The fourth-order valence-corrected chi connectivity index (χ4v) is 13.3. The average Bonchev–Trinajstić information content (AvgIpc) is 3.89. The lowest BCUT2D eigenvalue weighted by Crippen LogP contribution is -2.15. The van der Waals surface area contributed by atoms with Crippen LogP contribution in [0.3, 0.4) is 0 Å². The molecule has 12 aromatic rings. The molecule has 0 nitrogen and oxygen atoms in total. The molecule has 2 aliphatic carbocycles. The minimum atomic E-state index is -0.187. The summed E-state index contributed by atoms with van der Waals surface area (Å²) in [5.41, 5.74) is 18.4. The molecule has 0 unspecified atom stereocenters. The van der Waals surface area contributed by atoms with Crippen LogP contribution in [0.1, 0.15) is 49.9 Å². The van der Waals surface area contributed by atoms with Crippen LogP contribution in [0.2, 0.25) is 0 Å². The highest BCUT2D eigenvalue weighted by Gasteiger charge is 2.38. The van der Waals surface area contributed by atoms with E-state index < -0.39 is 0 Å². The summed E-state index contributed by atoms with van der Waals surface area (Å²) in [6.45, 7) is 9.64. The Morgan fingerprint density at radius 3 is 1.54 bits per heavy atom. The van der Waals surface area contributed by atoms with Crippen molar-refractivity contribution >= 4 is 74.6 Å². The van der Waals surface area contributed by atoms with E-state index in [1.165, 1.54) is 141 Å². The van der Waals surface area contributed by atoms with Crippen LogP contribution < -0.4 is 0 Å². The summed E-state index contributed by atoms with van der Waals surface area (Å²) in [5.74, 6) is 0. The van der Waals surface area contributed by atoms with Gasteiger partial charge in [0.2, 0.25) is 0 Å². The monoisotopic (exact) mass is 844 g/mol. The smallest absolute Gasteiger partial charge is 0.0361 e. The van der Waals surface area contributed by atoms with E-state index >= 15 is 0 Å². The number of rotatable bonds is 3. The van der Waals surface area contributed by atoms with E-state index in [0.717, 1.165) is 0 Å². The molecule has 1 heteroatoms. The summed E-state index contributed by atoms with van der Waals surface area (Å²) in [6, 6.07) is 73.9. The van der Waals surface area contributed by atoms with Crippen LogP contribution in [0.25, 0.3) is 119 Å². The van der Waals surface area contributed by atoms with Gasteiger partial charge >= 0.3 is 0 Å². The number of hydrogen-bond donors (Lipinski definition) is 0. The third-order valence-corrected chi connectivity index (χ3v) is 16.6. The highest BCUT2D eigenvalue weighted by Crippen LogP contribution is 2.55. The van der Waals surface area contributed by atoms with Crippen LogP contribution in [-0.2, 0) is 10.8 Å². The molecule has 0 radical (unpaired) electrons. The van der Waals surface area contributed by atoms with Crippen LogP contribution in [0.4, 0.5) is 0 Å². The first-order valence-corrected chi connectivity index (χ1v) is 23.8. The van der Waals surface area contributed by atoms with Crippen molar-refractivity contribution in [2.45, 2.75) is 38.5 Å². The standard InChI is InChI=1S/C64H44S/c1-63(2)55-29-26-38(30-52(55)53-31-42-36-60-54(32-41(42)35-58(53)63)46-17-11-12-23-59(46)65-60)39-24-27-44-45-28-25-40(34-57(45)64(3,4)56(44)33-39)61-48-18-7-9-20-50(48)62(51-21-10-8-19-49(51)61)47-22-13-15-37-14-5-6-16-43(37)47/h5-36H,1-4H3. The molecule has 0 amide bonds. The molecule has 0 saturated carbocycles. The molecule has 11 aromatic carbocycles. The Labute approximate surface area is 383 Å². The maximum Gasteiger partial charge on any atom is 0.0361 e. The lowest BCUT2D eigenvalue weighted by Gasteiger charge is -2.24. The lowest BCUT2D eigenvalue weighted by atomic mass is 9.79. The first-order chi connectivity index (χ1) is 31.7. The number of hydrogen-bond acceptors (Lipinski definition) is 1. The van der Waals surface area contributed by atoms with E-state index in [1.807, 2.05) is 11.3 Å². The molecule has 0 aliphatic heterocycles. The zero-order chi connectivity index (χ0) is 43.3. The van der Waals surface area contributed by atoms with Gasteiger partial charge in [-0.15, -0.1) is 11.3 Å². The maximum atomic E-state index is 2.51. The van der Waals surface area contributed by atoms with Crippen molar-refractivity contribution in [3.05, 3.63) is 216 Å². The van der Waals surface area contributed by atoms with Gasteiger partial charge in [0.25, 0.3) is 0 Å². The summed E-state index contributed by atoms with van der Waals surface area (Å²) in [5, 5.41) is 13.0. The highest BCUT2D eigenvalue weighted by molar-refractivity contribution is 7.25. The zero-order valence-electron chi connectivity index (χ0n) is 36.9. The van der Waals surface area contributed by atoms with Crippen molar-refractivity contribution in [1.29, 1.82) is 0 Å². The summed E-state index contributed by atoms with van der Waals surface area (Å²) in [4.78, 5) is 0. The summed E-state index contributed by atoms with van der Waals surface area (Å²) in [6.07, 6.45) is 0. The number of benzene rings is 11. The average molecular weight is 845 g/mol. The van der Waals surface area contributed by atoms with Crippen LogP contribution in [0, 0.1) is 0 Å². The Hall–Kier alpha value is -7.32. The van der Waals surface area contributed by atoms with Gasteiger partial charge in [0.1, 0.15) is 0 Å². The molecular weight excluding hydrogens is 801 g/mol. The Morgan fingerprint density at radius 2 is 0.800 bits per heavy atom. The minimum Gasteiger partial charge on any atom is -0.135 e. The molecule has 1 aromatic heterocycles. The third-order valence-electron chi connectivity index (χ3n) is 15.4. The van der Waals surface area contributed by atoms with Gasteiger partial charge in [-0.3, -0.25) is 0 Å². The normalized spacial score (nSPS) is 14.4. The topological polar surface area (TPSA) is 0 Å². The van der Waals surface area contributed by atoms with Crippen molar-refractivity contribution < 1.29 is 0 Å². The van der Waals surface area contributed by atoms with Crippen LogP contribution in [0.15, 0.2) is 194 Å². The van der Waals surface area contributed by atoms with Gasteiger partial charge in [0.15, 0.2) is 0 Å². The van der Waals surface area contributed by atoms with E-state index in [4.69, 9.17) is 0 Å². The van der Waals surface area contributed by atoms with Gasteiger partial charge in [-0.2, -0.15) is 0 Å². The number of fused-ring (bicyclic) bond motifs is 13. The molecule has 14 rings (SSSR count). The summed E-state index contributed by atoms with van der Waals surface area (Å²) in [7, 11) is 0. The molecule has 65 heavy (non-hydrogen) atoms. The second-order valence-electron chi connectivity index (χ2n) is 19.6. The van der Waals surface area contributed by atoms with Gasteiger partial charge in [-0.05, 0) is 170 Å². The predicted molar refractivity (Wildman–Crippen MR) is 281 cm³/mol. The van der Waals surface area contributed by atoms with Gasteiger partial charge < -0.3 is 0 Å². The predicted octanol–water partition coefficient (Wildman–Crippen LogP) is 18.3. The van der Waals surface area contributed by atoms with Crippen molar-refractivity contribution in [3.8, 4) is 55.6 Å². The first kappa shape index (κ1) is 37.1. The Morgan fingerprint density at radius 1 is 0.277 bits per heavy atom. The van der Waals surface area contributed by atoms with E-state index in [1.54, 1.807) is 0 Å². The second-order valence-corrected chi connectivity index (χ2v) is 20.7. The number of thiophene rings is 1. The Kier molecular flexibility index (Phi) is 7.49. The van der Waals surface area contributed by atoms with Crippen molar-refractivity contribution in [1.82, 2.24) is 0 Å².